The van der Waals surface area contributed by atoms with Crippen molar-refractivity contribution in [2.75, 3.05) is 22.1 Å². The maximum absolute atomic E-state index is 11.5. The first-order valence-electron chi connectivity index (χ1n) is 11.1. The van der Waals surface area contributed by atoms with E-state index in [4.69, 9.17) is 0 Å². The number of benzene rings is 2. The van der Waals surface area contributed by atoms with E-state index in [1.54, 1.807) is 12.2 Å². The first kappa shape index (κ1) is 32.6. The smallest absolute Gasteiger partial charge is 0.748 e. The fourth-order valence-corrected chi connectivity index (χ4v) is 6.05. The van der Waals surface area contributed by atoms with E-state index in [9.17, 15) is 25.9 Å². The second-order valence-corrected chi connectivity index (χ2v) is 13.2. The van der Waals surface area contributed by atoms with Crippen LogP contribution in [0.3, 0.4) is 0 Å². The Morgan fingerprint density at radius 3 is 1.68 bits per heavy atom. The molecular formula is C25H28N2Na2O6S2. The van der Waals surface area contributed by atoms with Gasteiger partial charge in [0.15, 0.2) is 0 Å². The molecule has 0 unspecified atom stereocenters. The number of hydrogen-bond donors (Lipinski definition) is 2. The number of anilines is 2. The standard InChI is InChI=1S/C25H30N2O6S2.2Na/c1-24(2)13-19(15-35(31,32)33)21-10-16(6-8-22(21)26-24)9-17-5-7-20-18(14-34(28,29)30)12-25(3,4)27-23(20)11-17;;/h5-8,10-13,26-27H,9,14-15H2,1-4H3,(H,28,29,30)(H,31,32,33);;/q;2*+1/p-2. The molecule has 0 amide bonds. The SMILES string of the molecule is CC1(C)C=C(CS(=O)(=O)[O-])c2ccc(Cc3ccc4c(c3)C(CS(=O)(=O)[O-])=CC(C)(C)N4)cc2N1.[Na+].[Na+]. The van der Waals surface area contributed by atoms with Crippen molar-refractivity contribution in [1.29, 1.82) is 0 Å². The molecule has 0 radical (unpaired) electrons. The normalized spacial score (nSPS) is 17.4. The summed E-state index contributed by atoms with van der Waals surface area (Å²) >= 11 is 0. The van der Waals surface area contributed by atoms with Gasteiger partial charge in [0.2, 0.25) is 0 Å². The zero-order valence-electron chi connectivity index (χ0n) is 22.0. The van der Waals surface area contributed by atoms with Crippen LogP contribution in [-0.4, -0.2) is 48.5 Å². The molecule has 2 aliphatic rings. The summed E-state index contributed by atoms with van der Waals surface area (Å²) in [6, 6.07) is 11.3. The Morgan fingerprint density at radius 1 is 0.676 bits per heavy atom. The topological polar surface area (TPSA) is 138 Å². The number of fused-ring (bicyclic) bond motifs is 2. The Kier molecular flexibility index (Phi) is 10.1. The molecule has 0 spiro atoms. The van der Waals surface area contributed by atoms with Crippen molar-refractivity contribution < 1.29 is 85.1 Å². The van der Waals surface area contributed by atoms with Crippen LogP contribution in [0.15, 0.2) is 48.6 Å². The van der Waals surface area contributed by atoms with Crippen molar-refractivity contribution in [3.8, 4) is 0 Å². The molecule has 37 heavy (non-hydrogen) atoms. The molecule has 0 atom stereocenters. The third-order valence-corrected chi connectivity index (χ3v) is 7.25. The maximum Gasteiger partial charge on any atom is 1.00 e. The van der Waals surface area contributed by atoms with Crippen molar-refractivity contribution in [2.45, 2.75) is 45.2 Å². The van der Waals surface area contributed by atoms with Gasteiger partial charge in [-0.25, -0.2) is 16.8 Å². The fourth-order valence-electron chi connectivity index (χ4n) is 4.81. The second-order valence-electron chi connectivity index (χ2n) is 10.4. The molecule has 188 valence electrons. The van der Waals surface area contributed by atoms with Crippen LogP contribution in [0.2, 0.25) is 0 Å². The van der Waals surface area contributed by atoms with Crippen molar-refractivity contribution >= 4 is 42.8 Å². The average molecular weight is 563 g/mol. The van der Waals surface area contributed by atoms with Crippen molar-refractivity contribution in [3.05, 3.63) is 70.8 Å². The summed E-state index contributed by atoms with van der Waals surface area (Å²) in [7, 11) is -8.89. The zero-order chi connectivity index (χ0) is 25.8. The molecule has 0 aromatic heterocycles. The Labute approximate surface area is 263 Å². The quantitative estimate of drug-likeness (QED) is 0.292. The van der Waals surface area contributed by atoms with E-state index in [0.29, 0.717) is 28.7 Å². The molecule has 8 nitrogen and oxygen atoms in total. The van der Waals surface area contributed by atoms with E-state index in [0.717, 1.165) is 22.5 Å². The van der Waals surface area contributed by atoms with Crippen LogP contribution in [0.25, 0.3) is 11.1 Å². The van der Waals surface area contributed by atoms with Gasteiger partial charge in [0.1, 0.15) is 0 Å². The molecule has 0 saturated heterocycles. The summed E-state index contributed by atoms with van der Waals surface area (Å²) < 4.78 is 68.8. The van der Waals surface area contributed by atoms with Crippen LogP contribution in [0.5, 0.6) is 0 Å². The molecule has 0 aliphatic carbocycles. The third kappa shape index (κ3) is 8.66. The number of nitrogens with one attached hydrogen (secondary N) is 2. The predicted octanol–water partition coefficient (Wildman–Crippen LogP) is -2.45. The zero-order valence-corrected chi connectivity index (χ0v) is 27.6. The third-order valence-electron chi connectivity index (χ3n) is 5.92. The monoisotopic (exact) mass is 562 g/mol. The molecule has 4 rings (SSSR count). The summed E-state index contributed by atoms with van der Waals surface area (Å²) in [6.07, 6.45) is 4.07. The summed E-state index contributed by atoms with van der Waals surface area (Å²) in [5.41, 5.74) is 4.67. The van der Waals surface area contributed by atoms with E-state index < -0.39 is 42.8 Å². The van der Waals surface area contributed by atoms with Crippen LogP contribution in [0, 0.1) is 0 Å². The molecular weight excluding hydrogens is 534 g/mol. The first-order chi connectivity index (χ1) is 16.0. The number of rotatable bonds is 6. The maximum atomic E-state index is 11.5. The number of hydrogen-bond acceptors (Lipinski definition) is 8. The van der Waals surface area contributed by atoms with Gasteiger partial charge in [-0.1, -0.05) is 30.4 Å². The Morgan fingerprint density at radius 2 is 1.14 bits per heavy atom. The van der Waals surface area contributed by atoms with Crippen LogP contribution in [-0.2, 0) is 26.7 Å². The molecule has 0 fully saturated rings. The predicted molar refractivity (Wildman–Crippen MR) is 136 cm³/mol. The van der Waals surface area contributed by atoms with Gasteiger partial charge in [0.05, 0.1) is 42.8 Å². The first-order valence-corrected chi connectivity index (χ1v) is 14.3. The van der Waals surface area contributed by atoms with Crippen molar-refractivity contribution in [3.63, 3.8) is 0 Å². The van der Waals surface area contributed by atoms with Crippen LogP contribution in [0.4, 0.5) is 11.4 Å². The van der Waals surface area contributed by atoms with Gasteiger partial charge in [0, 0.05) is 22.5 Å². The Bertz CT molecular complexity index is 1480. The van der Waals surface area contributed by atoms with E-state index in [1.807, 2.05) is 64.1 Å². The summed E-state index contributed by atoms with van der Waals surface area (Å²) in [4.78, 5) is 0. The summed E-state index contributed by atoms with van der Waals surface area (Å²) in [5, 5.41) is 6.73. The van der Waals surface area contributed by atoms with E-state index in [2.05, 4.69) is 10.6 Å². The molecule has 2 aliphatic heterocycles. The molecule has 2 heterocycles. The van der Waals surface area contributed by atoms with Crippen molar-refractivity contribution in [1.82, 2.24) is 0 Å². The van der Waals surface area contributed by atoms with Gasteiger partial charge >= 0.3 is 59.1 Å². The summed E-state index contributed by atoms with van der Waals surface area (Å²) in [6.45, 7) is 7.61. The molecule has 0 bridgehead atoms. The second kappa shape index (κ2) is 11.4. The minimum Gasteiger partial charge on any atom is -0.748 e. The fraction of sp³-hybridized carbons (Fsp3) is 0.360. The molecule has 2 aromatic carbocycles. The minimum absolute atomic E-state index is 0. The van der Waals surface area contributed by atoms with Crippen LogP contribution < -0.4 is 69.7 Å². The Hall–Kier alpha value is -0.660. The largest absolute Gasteiger partial charge is 1.00 e. The van der Waals surface area contributed by atoms with Gasteiger partial charge in [-0.3, -0.25) is 0 Å². The van der Waals surface area contributed by atoms with E-state index >= 15 is 0 Å². The van der Waals surface area contributed by atoms with Gasteiger partial charge in [-0.05, 0) is 74.6 Å². The molecule has 2 aromatic rings. The van der Waals surface area contributed by atoms with Crippen molar-refractivity contribution in [2.24, 2.45) is 0 Å². The average Bonchev–Trinajstić information content (AvgIpc) is 2.64. The van der Waals surface area contributed by atoms with Crippen LogP contribution in [0.1, 0.15) is 49.9 Å². The molecule has 12 heteroatoms. The van der Waals surface area contributed by atoms with E-state index in [-0.39, 0.29) is 59.1 Å². The minimum atomic E-state index is -4.45. The van der Waals surface area contributed by atoms with Crippen LogP contribution >= 0.6 is 0 Å². The van der Waals surface area contributed by atoms with Gasteiger partial charge in [-0.15, -0.1) is 0 Å². The van der Waals surface area contributed by atoms with Gasteiger partial charge < -0.3 is 19.7 Å². The summed E-state index contributed by atoms with van der Waals surface area (Å²) in [5.74, 6) is -1.15. The van der Waals surface area contributed by atoms with E-state index in [1.165, 1.54) is 0 Å². The molecule has 0 saturated carbocycles. The Balaban J connectivity index is 0.00000241. The van der Waals surface area contributed by atoms with Gasteiger partial charge in [-0.2, -0.15) is 0 Å². The molecule has 2 N–H and O–H groups in total. The van der Waals surface area contributed by atoms with Gasteiger partial charge in [0.25, 0.3) is 0 Å².